The number of aliphatic imine (C=N–C) groups is 1. The number of hydrogen-bond donors (Lipinski definition) is 1. The average Bonchev–Trinajstić information content (AvgIpc) is 3.32. The van der Waals surface area contributed by atoms with Crippen molar-refractivity contribution in [2.24, 2.45) is 16.8 Å². The summed E-state index contributed by atoms with van der Waals surface area (Å²) < 4.78 is 23.4. The van der Waals surface area contributed by atoms with Gasteiger partial charge in [0.25, 0.3) is 0 Å². The van der Waals surface area contributed by atoms with Gasteiger partial charge in [-0.25, -0.2) is 9.37 Å². The number of oxazole rings is 1. The van der Waals surface area contributed by atoms with Gasteiger partial charge in [0.1, 0.15) is 12.1 Å². The molecule has 150 valence electrons. The van der Waals surface area contributed by atoms with Crippen molar-refractivity contribution in [2.45, 2.75) is 13.3 Å². The van der Waals surface area contributed by atoms with E-state index in [1.807, 2.05) is 6.92 Å². The lowest BCUT2D eigenvalue weighted by atomic mass is 9.99. The summed E-state index contributed by atoms with van der Waals surface area (Å²) in [7, 11) is 3.14. The maximum atomic E-state index is 13.0. The molecule has 2 unspecified atom stereocenters. The van der Waals surface area contributed by atoms with Gasteiger partial charge in [-0.3, -0.25) is 9.79 Å². The maximum Gasteiger partial charge on any atom is 0.310 e. The lowest BCUT2D eigenvalue weighted by Crippen LogP contribution is -2.41. The number of ether oxygens (including phenoxy) is 1. The zero-order valence-corrected chi connectivity index (χ0v) is 16.3. The van der Waals surface area contributed by atoms with Gasteiger partial charge in [-0.05, 0) is 30.2 Å². The third-order valence-electron chi connectivity index (χ3n) is 4.93. The second-order valence-corrected chi connectivity index (χ2v) is 6.89. The summed E-state index contributed by atoms with van der Waals surface area (Å²) in [6, 6.07) is 6.03. The molecule has 0 bridgehead atoms. The fourth-order valence-electron chi connectivity index (χ4n) is 3.38. The third kappa shape index (κ3) is 4.49. The number of carbonyl (C=O) groups is 1. The molecule has 8 heteroatoms. The van der Waals surface area contributed by atoms with Crippen LogP contribution in [-0.2, 0) is 16.0 Å². The average molecular weight is 388 g/mol. The molecule has 1 aliphatic heterocycles. The quantitative estimate of drug-likeness (QED) is 0.481. The van der Waals surface area contributed by atoms with Crippen LogP contribution in [0.2, 0.25) is 0 Å². The second-order valence-electron chi connectivity index (χ2n) is 6.89. The van der Waals surface area contributed by atoms with Gasteiger partial charge in [0, 0.05) is 38.7 Å². The normalized spacial score (nSPS) is 19.7. The highest BCUT2D eigenvalue weighted by atomic mass is 19.1. The molecule has 1 aromatic carbocycles. The van der Waals surface area contributed by atoms with E-state index in [-0.39, 0.29) is 23.6 Å². The minimum absolute atomic E-state index is 0.141. The molecule has 28 heavy (non-hydrogen) atoms. The van der Waals surface area contributed by atoms with E-state index in [1.54, 1.807) is 25.4 Å². The van der Waals surface area contributed by atoms with E-state index in [4.69, 9.17) is 9.15 Å². The largest absolute Gasteiger partial charge is 0.469 e. The number of aromatic nitrogens is 1. The van der Waals surface area contributed by atoms with Crippen molar-refractivity contribution in [2.75, 3.05) is 33.8 Å². The fraction of sp³-hybridized carbons (Fsp3) is 0.450. The molecule has 2 heterocycles. The van der Waals surface area contributed by atoms with Crippen LogP contribution in [0.1, 0.15) is 12.6 Å². The fourth-order valence-corrected chi connectivity index (χ4v) is 3.38. The molecule has 7 nitrogen and oxygen atoms in total. The van der Waals surface area contributed by atoms with E-state index < -0.39 is 0 Å². The standard InChI is InChI=1S/C20H25FN4O3/c1-13-10-25(11-17(13)19(26)27-3)20(22-2)23-9-8-16-12-28-18(24-16)14-4-6-15(21)7-5-14/h4-7,12-13,17H,8-11H2,1-3H3,(H,22,23). The molecule has 0 amide bonds. The Kier molecular flexibility index (Phi) is 6.28. The Morgan fingerprint density at radius 3 is 2.82 bits per heavy atom. The van der Waals surface area contributed by atoms with Crippen molar-refractivity contribution in [3.63, 3.8) is 0 Å². The van der Waals surface area contributed by atoms with E-state index >= 15 is 0 Å². The van der Waals surface area contributed by atoms with E-state index in [1.165, 1.54) is 19.2 Å². The summed E-state index contributed by atoms with van der Waals surface area (Å²) in [5.74, 6) is 0.810. The summed E-state index contributed by atoms with van der Waals surface area (Å²) in [5, 5.41) is 3.31. The second kappa shape index (κ2) is 8.86. The first-order valence-corrected chi connectivity index (χ1v) is 9.25. The molecule has 2 aromatic rings. The number of methoxy groups -OCH3 is 1. The molecular formula is C20H25FN4O3. The topological polar surface area (TPSA) is 80.0 Å². The Hall–Kier alpha value is -2.90. The van der Waals surface area contributed by atoms with Crippen molar-refractivity contribution >= 4 is 11.9 Å². The molecule has 1 fully saturated rings. The summed E-state index contributed by atoms with van der Waals surface area (Å²) >= 11 is 0. The summed E-state index contributed by atoms with van der Waals surface area (Å²) in [4.78, 5) is 22.7. The number of nitrogens with zero attached hydrogens (tertiary/aromatic N) is 3. The van der Waals surface area contributed by atoms with Crippen molar-refractivity contribution in [1.82, 2.24) is 15.2 Å². The van der Waals surface area contributed by atoms with E-state index in [0.29, 0.717) is 25.4 Å². The van der Waals surface area contributed by atoms with Gasteiger partial charge in [0.2, 0.25) is 5.89 Å². The molecule has 1 aromatic heterocycles. The van der Waals surface area contributed by atoms with Crippen LogP contribution in [0.5, 0.6) is 0 Å². The number of likely N-dealkylation sites (tertiary alicyclic amines) is 1. The molecule has 1 N–H and O–H groups in total. The molecule has 0 aliphatic carbocycles. The van der Waals surface area contributed by atoms with Gasteiger partial charge in [-0.2, -0.15) is 0 Å². The predicted molar refractivity (Wildman–Crippen MR) is 103 cm³/mol. The first-order valence-electron chi connectivity index (χ1n) is 9.25. The van der Waals surface area contributed by atoms with Crippen LogP contribution >= 0.6 is 0 Å². The minimum Gasteiger partial charge on any atom is -0.469 e. The molecular weight excluding hydrogens is 363 g/mol. The van der Waals surface area contributed by atoms with Crippen LogP contribution in [0.15, 0.2) is 39.9 Å². The van der Waals surface area contributed by atoms with E-state index in [0.717, 1.165) is 23.8 Å². The predicted octanol–water partition coefficient (Wildman–Crippen LogP) is 2.34. The van der Waals surface area contributed by atoms with Crippen molar-refractivity contribution in [1.29, 1.82) is 0 Å². The molecule has 1 saturated heterocycles. The molecule has 0 saturated carbocycles. The lowest BCUT2D eigenvalue weighted by molar-refractivity contribution is -0.145. The number of guanidine groups is 1. The van der Waals surface area contributed by atoms with Gasteiger partial charge in [0.05, 0.1) is 18.7 Å². The van der Waals surface area contributed by atoms with Gasteiger partial charge in [-0.15, -0.1) is 0 Å². The zero-order chi connectivity index (χ0) is 20.1. The molecule has 0 spiro atoms. The van der Waals surface area contributed by atoms with Crippen molar-refractivity contribution in [3.05, 3.63) is 42.0 Å². The first-order chi connectivity index (χ1) is 13.5. The number of benzene rings is 1. The number of hydrogen-bond acceptors (Lipinski definition) is 5. The van der Waals surface area contributed by atoms with Gasteiger partial charge in [0.15, 0.2) is 5.96 Å². The number of halogens is 1. The highest BCUT2D eigenvalue weighted by Gasteiger charge is 2.36. The summed E-state index contributed by atoms with van der Waals surface area (Å²) in [5.41, 5.74) is 1.53. The number of esters is 1. The Morgan fingerprint density at radius 1 is 1.39 bits per heavy atom. The SMILES string of the molecule is CN=C(NCCc1coc(-c2ccc(F)cc2)n1)N1CC(C)C(C(=O)OC)C1. The van der Waals surface area contributed by atoms with Gasteiger partial charge in [-0.1, -0.05) is 6.92 Å². The Balaban J connectivity index is 1.53. The van der Waals surface area contributed by atoms with E-state index in [2.05, 4.69) is 20.2 Å². The molecule has 0 radical (unpaired) electrons. The maximum absolute atomic E-state index is 13.0. The van der Waals surface area contributed by atoms with E-state index in [9.17, 15) is 9.18 Å². The number of nitrogens with one attached hydrogen (secondary N) is 1. The van der Waals surface area contributed by atoms with Crippen molar-refractivity contribution < 1.29 is 18.3 Å². The Bertz CT molecular complexity index is 834. The molecule has 1 aliphatic rings. The zero-order valence-electron chi connectivity index (χ0n) is 16.3. The van der Waals surface area contributed by atoms with Crippen LogP contribution in [0.4, 0.5) is 4.39 Å². The monoisotopic (exact) mass is 388 g/mol. The molecule has 2 atom stereocenters. The van der Waals surface area contributed by atoms with Crippen LogP contribution in [0.25, 0.3) is 11.5 Å². The smallest absolute Gasteiger partial charge is 0.310 e. The van der Waals surface area contributed by atoms with Crippen LogP contribution in [0.3, 0.4) is 0 Å². The van der Waals surface area contributed by atoms with Crippen molar-refractivity contribution in [3.8, 4) is 11.5 Å². The third-order valence-corrected chi connectivity index (χ3v) is 4.93. The highest BCUT2D eigenvalue weighted by Crippen LogP contribution is 2.24. The first kappa shape index (κ1) is 19.9. The van der Waals surface area contributed by atoms with Crippen LogP contribution < -0.4 is 5.32 Å². The number of carbonyl (C=O) groups excluding carboxylic acids is 1. The lowest BCUT2D eigenvalue weighted by Gasteiger charge is -2.21. The highest BCUT2D eigenvalue weighted by molar-refractivity contribution is 5.82. The van der Waals surface area contributed by atoms with Crippen LogP contribution in [0, 0.1) is 17.7 Å². The van der Waals surface area contributed by atoms with Gasteiger partial charge < -0.3 is 19.4 Å². The summed E-state index contributed by atoms with van der Waals surface area (Å²) in [6.07, 6.45) is 2.25. The number of rotatable bonds is 5. The Morgan fingerprint density at radius 2 is 2.14 bits per heavy atom. The minimum atomic E-state index is -0.295. The molecule has 3 rings (SSSR count). The van der Waals surface area contributed by atoms with Crippen LogP contribution in [-0.4, -0.2) is 55.6 Å². The summed E-state index contributed by atoms with van der Waals surface area (Å²) in [6.45, 7) is 4.00. The Labute approximate surface area is 163 Å². The van der Waals surface area contributed by atoms with Gasteiger partial charge >= 0.3 is 5.97 Å².